The van der Waals surface area contributed by atoms with Crippen LogP contribution in [0.15, 0.2) is 110 Å². The summed E-state index contributed by atoms with van der Waals surface area (Å²) in [5.74, 6) is -0.534. The molecular formula is C48H54Cl2N10O9. The Labute approximate surface area is 409 Å². The smallest absolute Gasteiger partial charge is 0.345 e. The standard InChI is InChI=1S/C24H26ClN5O4.C18H15ClN4O3.C6H13NO2/c25-19-14-18(6-7-20(19)34-15-17-4-2-1-3-5-17)29-23-21(22(26)27-16-28-23)24(31)33-13-10-30-8-11-32-12-9-30;19-13-8-12(23-17-15(18(24)25)16(20)21-10-22-17)6-7-14(13)26-9-11-4-2-1-3-5-11;8-4-1-7-2-5-9-6-3-7/h1-7,14,16H,8-13,15H2,(H3,26,27,28,29);1-8,10H,9H2,(H,24,25)(H3,20,21,22,23);8H,1-6H2. The van der Waals surface area contributed by atoms with E-state index >= 15 is 0 Å². The molecule has 19 nitrogen and oxygen atoms in total. The number of anilines is 6. The summed E-state index contributed by atoms with van der Waals surface area (Å²) in [5, 5.41) is 24.5. The van der Waals surface area contributed by atoms with E-state index in [0.717, 1.165) is 57.1 Å². The van der Waals surface area contributed by atoms with Crippen LogP contribution in [0.1, 0.15) is 31.8 Å². The van der Waals surface area contributed by atoms with E-state index in [1.807, 2.05) is 60.7 Å². The number of carboxylic acids is 1. The van der Waals surface area contributed by atoms with Gasteiger partial charge in [0, 0.05) is 50.6 Å². The molecule has 2 aliphatic rings. The summed E-state index contributed by atoms with van der Waals surface area (Å²) < 4.78 is 27.4. The molecule has 8 rings (SSSR count). The number of β-amino-alcohol motifs (C(OH)–C–C–N with tert-alkyl or cyclic N) is 1. The van der Waals surface area contributed by atoms with Crippen LogP contribution < -0.4 is 31.6 Å². The number of hydrogen-bond donors (Lipinski definition) is 6. The van der Waals surface area contributed by atoms with E-state index in [0.29, 0.717) is 65.9 Å². The molecule has 21 heteroatoms. The lowest BCUT2D eigenvalue weighted by Gasteiger charge is -2.26. The van der Waals surface area contributed by atoms with Crippen molar-refractivity contribution in [2.24, 2.45) is 0 Å². The van der Waals surface area contributed by atoms with Gasteiger partial charge in [0.1, 0.15) is 66.7 Å². The van der Waals surface area contributed by atoms with Gasteiger partial charge in [0.05, 0.1) is 43.1 Å². The number of hydrogen-bond acceptors (Lipinski definition) is 18. The van der Waals surface area contributed by atoms with Crippen LogP contribution in [-0.4, -0.2) is 131 Å². The molecule has 4 aromatic carbocycles. The average Bonchev–Trinajstić information content (AvgIpc) is 3.35. The number of aromatic carboxylic acids is 1. The molecule has 0 aliphatic carbocycles. The summed E-state index contributed by atoms with van der Waals surface area (Å²) in [6, 6.07) is 29.7. The van der Waals surface area contributed by atoms with Gasteiger partial charge in [-0.1, -0.05) is 83.9 Å². The van der Waals surface area contributed by atoms with Gasteiger partial charge in [-0.15, -0.1) is 0 Å². The Morgan fingerprint density at radius 3 is 1.54 bits per heavy atom. The molecule has 2 saturated heterocycles. The summed E-state index contributed by atoms with van der Waals surface area (Å²) in [6.45, 7) is 9.26. The first kappa shape index (κ1) is 51.5. The maximum atomic E-state index is 12.7. The van der Waals surface area contributed by atoms with Crippen molar-refractivity contribution in [1.29, 1.82) is 0 Å². The third-order valence-electron chi connectivity index (χ3n) is 10.3. The van der Waals surface area contributed by atoms with E-state index in [1.165, 1.54) is 12.7 Å². The highest BCUT2D eigenvalue weighted by Gasteiger charge is 2.21. The second-order valence-electron chi connectivity index (χ2n) is 15.1. The van der Waals surface area contributed by atoms with Gasteiger partial charge in [-0.05, 0) is 47.5 Å². The summed E-state index contributed by atoms with van der Waals surface area (Å²) in [7, 11) is 0. The molecule has 0 unspecified atom stereocenters. The van der Waals surface area contributed by atoms with E-state index in [1.54, 1.807) is 36.4 Å². The number of aliphatic hydroxyl groups excluding tert-OH is 1. The zero-order valence-corrected chi connectivity index (χ0v) is 39.1. The first-order chi connectivity index (χ1) is 33.6. The van der Waals surface area contributed by atoms with Gasteiger partial charge < -0.3 is 56.0 Å². The second-order valence-corrected chi connectivity index (χ2v) is 15.9. The van der Waals surface area contributed by atoms with E-state index in [9.17, 15) is 14.7 Å². The fourth-order valence-corrected chi connectivity index (χ4v) is 7.14. The largest absolute Gasteiger partial charge is 0.487 e. The van der Waals surface area contributed by atoms with Crippen molar-refractivity contribution in [1.82, 2.24) is 29.7 Å². The monoisotopic (exact) mass is 984 g/mol. The zero-order chi connectivity index (χ0) is 48.8. The van der Waals surface area contributed by atoms with Crippen LogP contribution in [0.2, 0.25) is 10.0 Å². The maximum Gasteiger partial charge on any atom is 0.345 e. The molecule has 0 bridgehead atoms. The van der Waals surface area contributed by atoms with Gasteiger partial charge in [0.15, 0.2) is 11.6 Å². The lowest BCUT2D eigenvalue weighted by Crippen LogP contribution is -2.38. The fraction of sp³-hybridized carbons (Fsp3) is 0.292. The first-order valence-corrected chi connectivity index (χ1v) is 22.6. The van der Waals surface area contributed by atoms with Crippen LogP contribution in [0.5, 0.6) is 11.5 Å². The summed E-state index contributed by atoms with van der Waals surface area (Å²) in [5.41, 5.74) is 14.7. The number of aliphatic hydroxyl groups is 1. The Morgan fingerprint density at radius 2 is 1.09 bits per heavy atom. The molecule has 0 spiro atoms. The number of aromatic nitrogens is 4. The number of carboxylic acid groups (broad SMARTS) is 1. The van der Waals surface area contributed by atoms with Crippen LogP contribution in [0.25, 0.3) is 0 Å². The van der Waals surface area contributed by atoms with Crippen LogP contribution in [0.3, 0.4) is 0 Å². The minimum Gasteiger partial charge on any atom is -0.487 e. The number of nitrogens with one attached hydrogen (secondary N) is 2. The topological polar surface area (TPSA) is 255 Å². The Kier molecular flexibility index (Phi) is 20.3. The number of benzene rings is 4. The summed E-state index contributed by atoms with van der Waals surface area (Å²) in [6.07, 6.45) is 2.46. The van der Waals surface area contributed by atoms with Crippen molar-refractivity contribution >= 4 is 69.8 Å². The van der Waals surface area contributed by atoms with E-state index in [2.05, 4.69) is 40.4 Å². The normalized spacial score (nSPS) is 13.7. The molecular weight excluding hydrogens is 931 g/mol. The fourth-order valence-electron chi connectivity index (χ4n) is 6.67. The molecule has 0 saturated carbocycles. The highest BCUT2D eigenvalue weighted by atomic mass is 35.5. The number of carbonyl (C=O) groups is 2. The molecule has 0 amide bonds. The Bertz CT molecular complexity index is 2550. The number of halogens is 2. The number of ether oxygens (including phenoxy) is 5. The summed E-state index contributed by atoms with van der Waals surface area (Å²) in [4.78, 5) is 44.2. The molecule has 2 aromatic heterocycles. The third kappa shape index (κ3) is 16.4. The van der Waals surface area contributed by atoms with Crippen molar-refractivity contribution in [2.75, 3.05) is 101 Å². The predicted octanol–water partition coefficient (Wildman–Crippen LogP) is 6.57. The van der Waals surface area contributed by atoms with Crippen LogP contribution in [0.4, 0.5) is 34.6 Å². The van der Waals surface area contributed by atoms with Crippen molar-refractivity contribution < 1.29 is 43.5 Å². The van der Waals surface area contributed by atoms with Crippen LogP contribution in [0, 0.1) is 0 Å². The lowest BCUT2D eigenvalue weighted by molar-refractivity contribution is 0.0196. The van der Waals surface area contributed by atoms with Crippen molar-refractivity contribution in [3.05, 3.63) is 142 Å². The molecule has 2 fully saturated rings. The van der Waals surface area contributed by atoms with Gasteiger partial charge >= 0.3 is 11.9 Å². The highest BCUT2D eigenvalue weighted by molar-refractivity contribution is 6.32. The number of esters is 1. The zero-order valence-electron chi connectivity index (χ0n) is 37.6. The Hall–Kier alpha value is -6.84. The molecule has 8 N–H and O–H groups in total. The molecule has 6 aromatic rings. The van der Waals surface area contributed by atoms with Crippen molar-refractivity contribution in [3.63, 3.8) is 0 Å². The third-order valence-corrected chi connectivity index (χ3v) is 10.9. The molecule has 0 radical (unpaired) electrons. The molecule has 69 heavy (non-hydrogen) atoms. The molecule has 364 valence electrons. The van der Waals surface area contributed by atoms with Gasteiger partial charge in [-0.3, -0.25) is 9.80 Å². The first-order valence-electron chi connectivity index (χ1n) is 21.9. The van der Waals surface area contributed by atoms with Crippen molar-refractivity contribution in [2.45, 2.75) is 13.2 Å². The van der Waals surface area contributed by atoms with E-state index in [-0.39, 0.29) is 47.6 Å². The summed E-state index contributed by atoms with van der Waals surface area (Å²) >= 11 is 12.7. The number of rotatable bonds is 17. The van der Waals surface area contributed by atoms with Gasteiger partial charge in [0.2, 0.25) is 0 Å². The van der Waals surface area contributed by atoms with Gasteiger partial charge in [-0.2, -0.15) is 0 Å². The molecule has 2 aliphatic heterocycles. The maximum absolute atomic E-state index is 12.7. The van der Waals surface area contributed by atoms with E-state index in [4.69, 9.17) is 63.5 Å². The lowest BCUT2D eigenvalue weighted by atomic mass is 10.2. The predicted molar refractivity (Wildman–Crippen MR) is 263 cm³/mol. The minimum absolute atomic E-state index is 0.0304. The Balaban J connectivity index is 0.000000196. The average molecular weight is 986 g/mol. The Morgan fingerprint density at radius 1 is 0.638 bits per heavy atom. The SMILES string of the molecule is Nc1ncnc(Nc2ccc(OCc3ccccc3)c(Cl)c2)c1C(=O)O.Nc1ncnc(Nc2ccc(OCc3ccccc3)c(Cl)c2)c1C(=O)OCCN1CCOCC1.OCCN1CCOCC1. The second kappa shape index (κ2) is 27.2. The van der Waals surface area contributed by atoms with Gasteiger partial charge in [0.25, 0.3) is 0 Å². The quantitative estimate of drug-likeness (QED) is 0.0529. The molecule has 0 atom stereocenters. The minimum atomic E-state index is -1.22. The van der Waals surface area contributed by atoms with Gasteiger partial charge in [-0.25, -0.2) is 29.5 Å². The van der Waals surface area contributed by atoms with Crippen LogP contribution in [-0.2, 0) is 27.4 Å². The van der Waals surface area contributed by atoms with E-state index < -0.39 is 11.9 Å². The number of nitrogen functional groups attached to an aromatic ring is 2. The number of carbonyl (C=O) groups excluding carboxylic acids is 1. The number of nitrogens with zero attached hydrogens (tertiary/aromatic N) is 6. The highest BCUT2D eigenvalue weighted by Crippen LogP contribution is 2.32. The number of nitrogens with two attached hydrogens (primary N) is 2. The molecule has 4 heterocycles. The number of morpholine rings is 2. The van der Waals surface area contributed by atoms with Crippen LogP contribution >= 0.6 is 23.2 Å². The van der Waals surface area contributed by atoms with Crippen molar-refractivity contribution in [3.8, 4) is 11.5 Å².